The predicted octanol–water partition coefficient (Wildman–Crippen LogP) is 13.1. The lowest BCUT2D eigenvalue weighted by atomic mass is 10.0. The molecule has 0 aromatic rings. The third-order valence-electron chi connectivity index (χ3n) is 10.9. The van der Waals surface area contributed by atoms with Crippen LogP contribution in [0.1, 0.15) is 245 Å². The SMILES string of the molecule is CCCCCCCCCCCCCCCCCCCCCC(=O)OC(COC(=O)CCCCCCCCCCCCCCCCC)COP(=O)(O)OCC(N)C(=O)O. The summed E-state index contributed by atoms with van der Waals surface area (Å²) < 4.78 is 32.8. The van der Waals surface area contributed by atoms with Crippen LogP contribution >= 0.6 is 7.82 Å². The van der Waals surface area contributed by atoms with Gasteiger partial charge in [-0.05, 0) is 12.8 Å². The summed E-state index contributed by atoms with van der Waals surface area (Å²) in [6, 6.07) is -1.52. The maximum atomic E-state index is 12.7. The topological polar surface area (TPSA) is 172 Å². The van der Waals surface area contributed by atoms with Crippen molar-refractivity contribution in [2.75, 3.05) is 19.8 Å². The molecule has 58 heavy (non-hydrogen) atoms. The Morgan fingerprint density at radius 2 is 0.759 bits per heavy atom. The summed E-state index contributed by atoms with van der Waals surface area (Å²) in [7, 11) is -4.71. The first-order chi connectivity index (χ1) is 28.1. The molecule has 0 aliphatic heterocycles. The van der Waals surface area contributed by atoms with E-state index in [0.717, 1.165) is 38.5 Å². The van der Waals surface area contributed by atoms with Crippen molar-refractivity contribution in [3.05, 3.63) is 0 Å². The number of hydrogen-bond donors (Lipinski definition) is 3. The lowest BCUT2D eigenvalue weighted by Crippen LogP contribution is -2.34. The predicted molar refractivity (Wildman–Crippen MR) is 236 cm³/mol. The Morgan fingerprint density at radius 3 is 1.09 bits per heavy atom. The minimum absolute atomic E-state index is 0.170. The van der Waals surface area contributed by atoms with Gasteiger partial charge in [-0.3, -0.25) is 23.4 Å². The Bertz CT molecular complexity index is 1000. The number of carbonyl (C=O) groups excluding carboxylic acids is 2. The number of carbonyl (C=O) groups is 3. The van der Waals surface area contributed by atoms with Gasteiger partial charge in [0.1, 0.15) is 12.6 Å². The van der Waals surface area contributed by atoms with Gasteiger partial charge in [0.2, 0.25) is 0 Å². The largest absolute Gasteiger partial charge is 0.480 e. The van der Waals surface area contributed by atoms with Crippen molar-refractivity contribution in [1.29, 1.82) is 0 Å². The van der Waals surface area contributed by atoms with Crippen LogP contribution in [0, 0.1) is 0 Å². The van der Waals surface area contributed by atoms with Crippen molar-refractivity contribution in [3.63, 3.8) is 0 Å². The number of carboxylic acids is 1. The second-order valence-corrected chi connectivity index (χ2v) is 18.1. The van der Waals surface area contributed by atoms with E-state index in [1.807, 2.05) is 0 Å². The van der Waals surface area contributed by atoms with E-state index in [-0.39, 0.29) is 19.4 Å². The van der Waals surface area contributed by atoms with E-state index >= 15 is 0 Å². The summed E-state index contributed by atoms with van der Waals surface area (Å²) in [5, 5.41) is 8.90. The highest BCUT2D eigenvalue weighted by atomic mass is 31.2. The molecule has 0 bridgehead atoms. The molecule has 0 radical (unpaired) electrons. The van der Waals surface area contributed by atoms with Crippen LogP contribution in [-0.2, 0) is 37.5 Å². The van der Waals surface area contributed by atoms with Gasteiger partial charge in [-0.1, -0.05) is 219 Å². The van der Waals surface area contributed by atoms with E-state index in [4.69, 9.17) is 24.8 Å². The molecule has 0 amide bonds. The molecule has 12 heteroatoms. The molecular weight excluding hydrogens is 757 g/mol. The van der Waals surface area contributed by atoms with Crippen LogP contribution < -0.4 is 5.73 Å². The highest BCUT2D eigenvalue weighted by Crippen LogP contribution is 2.43. The molecule has 0 saturated carbocycles. The number of esters is 2. The van der Waals surface area contributed by atoms with Crippen LogP contribution in [0.4, 0.5) is 0 Å². The standard InChI is InChI=1S/C46H90NO10P/c1-3-5-7-9-11-13-15-17-19-20-21-22-24-26-28-30-32-34-36-38-45(49)57-42(40-55-58(52,53)56-41-43(47)46(50)51)39-54-44(48)37-35-33-31-29-27-25-23-18-16-14-12-10-8-6-4-2/h42-43H,3-41,47H2,1-2H3,(H,50,51)(H,52,53). The van der Waals surface area contributed by atoms with Gasteiger partial charge in [0, 0.05) is 12.8 Å². The second kappa shape index (κ2) is 42.2. The number of unbranched alkanes of at least 4 members (excludes halogenated alkanes) is 32. The summed E-state index contributed by atoms with van der Waals surface area (Å²) in [6.45, 7) is 2.86. The number of ether oxygens (including phenoxy) is 2. The van der Waals surface area contributed by atoms with E-state index < -0.39 is 51.1 Å². The second-order valence-electron chi connectivity index (χ2n) is 16.6. The fourth-order valence-electron chi connectivity index (χ4n) is 7.07. The molecule has 11 nitrogen and oxygen atoms in total. The zero-order chi connectivity index (χ0) is 42.8. The molecule has 0 spiro atoms. The third kappa shape index (κ3) is 41.2. The summed E-state index contributed by atoms with van der Waals surface area (Å²) >= 11 is 0. The van der Waals surface area contributed by atoms with Crippen LogP contribution in [0.15, 0.2) is 0 Å². The minimum Gasteiger partial charge on any atom is -0.480 e. The molecule has 0 aromatic carbocycles. The number of hydrogen-bond acceptors (Lipinski definition) is 9. The first kappa shape index (κ1) is 56.5. The van der Waals surface area contributed by atoms with Gasteiger partial charge in [-0.2, -0.15) is 0 Å². The fraction of sp³-hybridized carbons (Fsp3) is 0.935. The molecule has 3 atom stereocenters. The van der Waals surface area contributed by atoms with E-state index in [9.17, 15) is 23.8 Å². The molecule has 4 N–H and O–H groups in total. The summed E-state index contributed by atoms with van der Waals surface area (Å²) in [5.41, 5.74) is 5.34. The molecule has 0 rings (SSSR count). The van der Waals surface area contributed by atoms with Crippen molar-refractivity contribution >= 4 is 25.7 Å². The molecule has 0 heterocycles. The van der Waals surface area contributed by atoms with Crippen molar-refractivity contribution in [2.24, 2.45) is 5.73 Å². The monoisotopic (exact) mass is 848 g/mol. The summed E-state index contributed by atoms with van der Waals surface area (Å²) in [4.78, 5) is 46.1. The van der Waals surface area contributed by atoms with Crippen molar-refractivity contribution in [3.8, 4) is 0 Å². The van der Waals surface area contributed by atoms with Crippen molar-refractivity contribution in [1.82, 2.24) is 0 Å². The van der Waals surface area contributed by atoms with Crippen molar-refractivity contribution in [2.45, 2.75) is 257 Å². The maximum absolute atomic E-state index is 12.7. The van der Waals surface area contributed by atoms with E-state index in [1.165, 1.54) is 167 Å². The third-order valence-corrected chi connectivity index (χ3v) is 11.8. The number of nitrogens with two attached hydrogens (primary N) is 1. The van der Waals surface area contributed by atoms with E-state index in [0.29, 0.717) is 12.8 Å². The number of carboxylic acid groups (broad SMARTS) is 1. The van der Waals surface area contributed by atoms with E-state index in [2.05, 4.69) is 18.4 Å². The van der Waals surface area contributed by atoms with Gasteiger partial charge in [-0.15, -0.1) is 0 Å². The molecule has 3 unspecified atom stereocenters. The maximum Gasteiger partial charge on any atom is 0.472 e. The fourth-order valence-corrected chi connectivity index (χ4v) is 7.85. The van der Waals surface area contributed by atoms with Gasteiger partial charge in [0.15, 0.2) is 6.10 Å². The molecular formula is C46H90NO10P. The Labute approximate surface area is 355 Å². The van der Waals surface area contributed by atoms with Crippen LogP contribution in [0.3, 0.4) is 0 Å². The molecule has 0 aromatic heterocycles. The lowest BCUT2D eigenvalue weighted by Gasteiger charge is -2.20. The van der Waals surface area contributed by atoms with Gasteiger partial charge in [0.25, 0.3) is 0 Å². The van der Waals surface area contributed by atoms with E-state index in [1.54, 1.807) is 0 Å². The smallest absolute Gasteiger partial charge is 0.472 e. The Kier molecular flexibility index (Phi) is 41.1. The minimum atomic E-state index is -4.71. The average Bonchev–Trinajstić information content (AvgIpc) is 3.20. The highest BCUT2D eigenvalue weighted by Gasteiger charge is 2.28. The van der Waals surface area contributed by atoms with Crippen LogP contribution in [0.2, 0.25) is 0 Å². The van der Waals surface area contributed by atoms with Crippen LogP contribution in [0.25, 0.3) is 0 Å². The lowest BCUT2D eigenvalue weighted by molar-refractivity contribution is -0.161. The number of phosphoric acid groups is 1. The molecule has 0 fully saturated rings. The van der Waals surface area contributed by atoms with Gasteiger partial charge in [0.05, 0.1) is 13.2 Å². The molecule has 0 saturated heterocycles. The first-order valence-corrected chi connectivity index (χ1v) is 25.6. The Hall–Kier alpha value is -1.52. The summed E-state index contributed by atoms with van der Waals surface area (Å²) in [6.07, 6.45) is 41.6. The zero-order valence-corrected chi connectivity index (χ0v) is 38.3. The average molecular weight is 848 g/mol. The number of phosphoric ester groups is 1. The van der Waals surface area contributed by atoms with Crippen LogP contribution in [-0.4, -0.2) is 59.9 Å². The number of aliphatic carboxylic acids is 1. The van der Waals surface area contributed by atoms with Gasteiger partial charge in [-0.25, -0.2) is 4.57 Å². The Morgan fingerprint density at radius 1 is 0.466 bits per heavy atom. The van der Waals surface area contributed by atoms with Gasteiger partial charge < -0.3 is 25.2 Å². The zero-order valence-electron chi connectivity index (χ0n) is 37.4. The summed E-state index contributed by atoms with van der Waals surface area (Å²) in [5.74, 6) is -2.35. The Balaban J connectivity index is 4.24. The van der Waals surface area contributed by atoms with Crippen LogP contribution in [0.5, 0.6) is 0 Å². The molecule has 0 aliphatic rings. The van der Waals surface area contributed by atoms with Crippen molar-refractivity contribution < 1.29 is 47.5 Å². The first-order valence-electron chi connectivity index (χ1n) is 24.1. The van der Waals surface area contributed by atoms with Gasteiger partial charge >= 0.3 is 25.7 Å². The quantitative estimate of drug-likeness (QED) is 0.0302. The normalized spacial score (nSPS) is 13.6. The molecule has 344 valence electrons. The number of rotatable bonds is 46. The molecule has 0 aliphatic carbocycles. The highest BCUT2D eigenvalue weighted by molar-refractivity contribution is 7.47.